The van der Waals surface area contributed by atoms with Crippen LogP contribution in [0.25, 0.3) is 0 Å². The van der Waals surface area contributed by atoms with E-state index in [4.69, 9.17) is 10.5 Å². The largest absolute Gasteiger partial charge is 0.461 e. The SMILES string of the molecule is CC1(C)[C@H](N)C[C@@H]1C(=O)OCc1ccccc1. The van der Waals surface area contributed by atoms with E-state index in [0.29, 0.717) is 6.61 Å². The normalized spacial score (nSPS) is 26.1. The molecule has 0 unspecified atom stereocenters. The molecule has 2 atom stereocenters. The summed E-state index contributed by atoms with van der Waals surface area (Å²) in [7, 11) is 0. The highest BCUT2D eigenvalue weighted by Crippen LogP contribution is 2.45. The minimum Gasteiger partial charge on any atom is -0.461 e. The first-order chi connectivity index (χ1) is 8.01. The summed E-state index contributed by atoms with van der Waals surface area (Å²) in [6.07, 6.45) is 0.737. The second-order valence-corrected chi connectivity index (χ2v) is 5.31. The second-order valence-electron chi connectivity index (χ2n) is 5.31. The zero-order chi connectivity index (χ0) is 12.5. The number of benzene rings is 1. The quantitative estimate of drug-likeness (QED) is 0.813. The lowest BCUT2D eigenvalue weighted by Crippen LogP contribution is -2.57. The Morgan fingerprint density at radius 2 is 2.06 bits per heavy atom. The van der Waals surface area contributed by atoms with Crippen LogP contribution in [-0.4, -0.2) is 12.0 Å². The molecule has 0 radical (unpaired) electrons. The van der Waals surface area contributed by atoms with Crippen LogP contribution in [0.5, 0.6) is 0 Å². The first kappa shape index (κ1) is 12.1. The minimum absolute atomic E-state index is 0.0544. The Labute approximate surface area is 102 Å². The summed E-state index contributed by atoms with van der Waals surface area (Å²) in [5.41, 5.74) is 6.77. The molecule has 2 N–H and O–H groups in total. The van der Waals surface area contributed by atoms with Crippen LogP contribution < -0.4 is 5.73 Å². The number of hydrogen-bond donors (Lipinski definition) is 1. The summed E-state index contributed by atoms with van der Waals surface area (Å²) in [4.78, 5) is 11.9. The molecule has 3 heteroatoms. The summed E-state index contributed by atoms with van der Waals surface area (Å²) < 4.78 is 5.32. The lowest BCUT2D eigenvalue weighted by atomic mass is 9.59. The van der Waals surface area contributed by atoms with Gasteiger partial charge in [-0.15, -0.1) is 0 Å². The molecule has 1 aromatic rings. The van der Waals surface area contributed by atoms with Crippen molar-refractivity contribution in [3.63, 3.8) is 0 Å². The van der Waals surface area contributed by atoms with Gasteiger partial charge in [0, 0.05) is 6.04 Å². The van der Waals surface area contributed by atoms with E-state index in [1.54, 1.807) is 0 Å². The Bertz CT molecular complexity index is 400. The second kappa shape index (κ2) is 4.49. The topological polar surface area (TPSA) is 52.3 Å². The van der Waals surface area contributed by atoms with E-state index in [-0.39, 0.29) is 23.3 Å². The van der Waals surface area contributed by atoms with Gasteiger partial charge >= 0.3 is 5.97 Å². The molecule has 17 heavy (non-hydrogen) atoms. The van der Waals surface area contributed by atoms with Crippen LogP contribution in [0.3, 0.4) is 0 Å². The van der Waals surface area contributed by atoms with E-state index < -0.39 is 0 Å². The fourth-order valence-electron chi connectivity index (χ4n) is 2.19. The van der Waals surface area contributed by atoms with Crippen LogP contribution in [-0.2, 0) is 16.1 Å². The van der Waals surface area contributed by atoms with E-state index in [9.17, 15) is 4.79 Å². The third-order valence-electron chi connectivity index (χ3n) is 3.85. The Morgan fingerprint density at radius 3 is 2.59 bits per heavy atom. The third kappa shape index (κ3) is 2.34. The highest BCUT2D eigenvalue weighted by atomic mass is 16.5. The molecule has 1 aliphatic rings. The average Bonchev–Trinajstić information content (AvgIpc) is 2.34. The molecule has 0 heterocycles. The molecule has 0 bridgehead atoms. The maximum Gasteiger partial charge on any atom is 0.309 e. The van der Waals surface area contributed by atoms with E-state index in [0.717, 1.165) is 12.0 Å². The molecule has 92 valence electrons. The molecule has 3 nitrogen and oxygen atoms in total. The van der Waals surface area contributed by atoms with E-state index in [1.807, 2.05) is 44.2 Å². The summed E-state index contributed by atoms with van der Waals surface area (Å²) in [5, 5.41) is 0. The zero-order valence-corrected chi connectivity index (χ0v) is 10.3. The Hall–Kier alpha value is -1.35. The lowest BCUT2D eigenvalue weighted by molar-refractivity contribution is -0.162. The van der Waals surface area contributed by atoms with Crippen molar-refractivity contribution in [2.75, 3.05) is 0 Å². The van der Waals surface area contributed by atoms with Crippen molar-refractivity contribution in [3.05, 3.63) is 35.9 Å². The van der Waals surface area contributed by atoms with E-state index >= 15 is 0 Å². The van der Waals surface area contributed by atoms with Gasteiger partial charge in [0.2, 0.25) is 0 Å². The summed E-state index contributed by atoms with van der Waals surface area (Å²) in [5.74, 6) is -0.179. The number of carbonyl (C=O) groups is 1. The van der Waals surface area contributed by atoms with Crippen LogP contribution in [0.15, 0.2) is 30.3 Å². The van der Waals surface area contributed by atoms with Gasteiger partial charge in [-0.2, -0.15) is 0 Å². The van der Waals surface area contributed by atoms with Crippen LogP contribution >= 0.6 is 0 Å². The van der Waals surface area contributed by atoms with Gasteiger partial charge in [-0.25, -0.2) is 0 Å². The van der Waals surface area contributed by atoms with Crippen LogP contribution in [0, 0.1) is 11.3 Å². The first-order valence-corrected chi connectivity index (χ1v) is 5.98. The number of esters is 1. The summed E-state index contributed by atoms with van der Waals surface area (Å²) >= 11 is 0. The standard InChI is InChI=1S/C14H19NO2/c1-14(2)11(8-12(14)15)13(16)17-9-10-6-4-3-5-7-10/h3-7,11-12H,8-9,15H2,1-2H3/t11-,12-/m1/s1. The van der Waals surface area contributed by atoms with Gasteiger partial charge in [0.15, 0.2) is 0 Å². The van der Waals surface area contributed by atoms with E-state index in [1.165, 1.54) is 0 Å². The average molecular weight is 233 g/mol. The third-order valence-corrected chi connectivity index (χ3v) is 3.85. The van der Waals surface area contributed by atoms with Gasteiger partial charge in [-0.3, -0.25) is 4.79 Å². The number of nitrogens with two attached hydrogens (primary N) is 1. The van der Waals surface area contributed by atoms with Gasteiger partial charge in [-0.1, -0.05) is 44.2 Å². The highest BCUT2D eigenvalue weighted by Gasteiger charge is 2.50. The first-order valence-electron chi connectivity index (χ1n) is 5.98. The number of rotatable bonds is 3. The molecule has 0 amide bonds. The minimum atomic E-state index is -0.131. The molecule has 1 aliphatic carbocycles. The van der Waals surface area contributed by atoms with Crippen LogP contribution in [0.4, 0.5) is 0 Å². The molecule has 1 saturated carbocycles. The molecular weight excluding hydrogens is 214 g/mol. The van der Waals surface area contributed by atoms with Crippen molar-refractivity contribution < 1.29 is 9.53 Å². The van der Waals surface area contributed by atoms with Crippen molar-refractivity contribution >= 4 is 5.97 Å². The predicted molar refractivity (Wildman–Crippen MR) is 66.1 cm³/mol. The van der Waals surface area contributed by atoms with Crippen LogP contribution in [0.2, 0.25) is 0 Å². The Balaban J connectivity index is 1.87. The molecular formula is C14H19NO2. The van der Waals surface area contributed by atoms with Gasteiger partial charge in [-0.05, 0) is 17.4 Å². The Morgan fingerprint density at radius 1 is 1.41 bits per heavy atom. The molecule has 1 aromatic carbocycles. The molecule has 0 aliphatic heterocycles. The maximum absolute atomic E-state index is 11.9. The maximum atomic E-state index is 11.9. The molecule has 2 rings (SSSR count). The van der Waals surface area contributed by atoms with Gasteiger partial charge in [0.25, 0.3) is 0 Å². The van der Waals surface area contributed by atoms with Crippen molar-refractivity contribution in [3.8, 4) is 0 Å². The number of ether oxygens (including phenoxy) is 1. The van der Waals surface area contributed by atoms with Crippen molar-refractivity contribution in [2.45, 2.75) is 32.9 Å². The summed E-state index contributed by atoms with van der Waals surface area (Å²) in [6, 6.07) is 9.82. The Kier molecular flexibility index (Phi) is 3.20. The fourth-order valence-corrected chi connectivity index (χ4v) is 2.19. The monoisotopic (exact) mass is 233 g/mol. The molecule has 0 spiro atoms. The van der Waals surface area contributed by atoms with Gasteiger partial charge in [0.1, 0.15) is 6.61 Å². The van der Waals surface area contributed by atoms with Crippen molar-refractivity contribution in [1.29, 1.82) is 0 Å². The lowest BCUT2D eigenvalue weighted by Gasteiger charge is -2.48. The highest BCUT2D eigenvalue weighted by molar-refractivity contribution is 5.75. The summed E-state index contributed by atoms with van der Waals surface area (Å²) in [6.45, 7) is 4.40. The van der Waals surface area contributed by atoms with Crippen molar-refractivity contribution in [1.82, 2.24) is 0 Å². The molecule has 0 saturated heterocycles. The predicted octanol–water partition coefficient (Wildman–Crippen LogP) is 2.10. The fraction of sp³-hybridized carbons (Fsp3) is 0.500. The number of carbonyl (C=O) groups excluding carboxylic acids is 1. The van der Waals surface area contributed by atoms with E-state index in [2.05, 4.69) is 0 Å². The van der Waals surface area contributed by atoms with Crippen LogP contribution in [0.1, 0.15) is 25.8 Å². The molecule has 1 fully saturated rings. The molecule has 0 aromatic heterocycles. The van der Waals surface area contributed by atoms with Gasteiger partial charge < -0.3 is 10.5 Å². The zero-order valence-electron chi connectivity index (χ0n) is 10.3. The van der Waals surface area contributed by atoms with Gasteiger partial charge in [0.05, 0.1) is 5.92 Å². The smallest absolute Gasteiger partial charge is 0.309 e. The number of hydrogen-bond acceptors (Lipinski definition) is 3. The van der Waals surface area contributed by atoms with Crippen molar-refractivity contribution in [2.24, 2.45) is 17.1 Å².